The van der Waals surface area contributed by atoms with Gasteiger partial charge >= 0.3 is 5.97 Å². The van der Waals surface area contributed by atoms with E-state index in [9.17, 15) is 4.79 Å². The van der Waals surface area contributed by atoms with E-state index in [1.807, 2.05) is 12.1 Å². The van der Waals surface area contributed by atoms with Crippen LogP contribution in [0.5, 0.6) is 0 Å². The van der Waals surface area contributed by atoms with Gasteiger partial charge in [0, 0.05) is 19.1 Å². The van der Waals surface area contributed by atoms with E-state index in [-0.39, 0.29) is 0 Å². The minimum Gasteiger partial charge on any atom is -0.478 e. The van der Waals surface area contributed by atoms with Crippen LogP contribution in [0.1, 0.15) is 41.6 Å². The number of carboxylic acid groups (broad SMARTS) is 1. The van der Waals surface area contributed by atoms with Gasteiger partial charge in [-0.2, -0.15) is 0 Å². The fourth-order valence-electron chi connectivity index (χ4n) is 2.40. The van der Waals surface area contributed by atoms with Crippen LogP contribution in [-0.4, -0.2) is 28.6 Å². The van der Waals surface area contributed by atoms with Gasteiger partial charge < -0.3 is 5.11 Å². The van der Waals surface area contributed by atoms with Gasteiger partial charge in [-0.1, -0.05) is 12.1 Å². The minimum absolute atomic E-state index is 0.374. The number of benzene rings is 1. The first kappa shape index (κ1) is 11.7. The van der Waals surface area contributed by atoms with Gasteiger partial charge in [-0.25, -0.2) is 4.79 Å². The van der Waals surface area contributed by atoms with Crippen LogP contribution >= 0.6 is 0 Å². The number of nitrogens with zero attached hydrogens (tertiary/aromatic N) is 1. The Labute approximate surface area is 107 Å². The Hall–Kier alpha value is -1.35. The maximum Gasteiger partial charge on any atom is 0.335 e. The Morgan fingerprint density at radius 2 is 1.83 bits per heavy atom. The summed E-state index contributed by atoms with van der Waals surface area (Å²) in [6.45, 7) is 2.20. The van der Waals surface area contributed by atoms with E-state index in [1.54, 1.807) is 12.1 Å². The van der Waals surface area contributed by atoms with Crippen molar-refractivity contribution in [2.45, 2.75) is 38.3 Å². The third-order valence-electron chi connectivity index (χ3n) is 3.84. The molecule has 0 bridgehead atoms. The second kappa shape index (κ2) is 4.73. The number of carboxylic acids is 1. The lowest BCUT2D eigenvalue weighted by Gasteiger charge is -2.21. The quantitative estimate of drug-likeness (QED) is 0.837. The Balaban J connectivity index is 1.63. The monoisotopic (exact) mass is 245 g/mol. The standard InChI is InChI=1S/C15H19NO2/c17-15(18)13-5-3-12(4-6-13)10-16(14-7-8-14)9-11-1-2-11/h3-6,11,14H,1-2,7-10H2,(H,17,18). The molecule has 2 saturated carbocycles. The number of hydrogen-bond donors (Lipinski definition) is 1. The SMILES string of the molecule is O=C(O)c1ccc(CN(CC2CC2)C2CC2)cc1. The molecule has 2 aliphatic rings. The average Bonchev–Trinajstić information content (AvgIpc) is 3.23. The predicted molar refractivity (Wildman–Crippen MR) is 69.6 cm³/mol. The van der Waals surface area contributed by atoms with Crippen LogP contribution in [0, 0.1) is 5.92 Å². The molecule has 0 amide bonds. The van der Waals surface area contributed by atoms with Crippen LogP contribution in [0.25, 0.3) is 0 Å². The third-order valence-corrected chi connectivity index (χ3v) is 3.84. The summed E-state index contributed by atoms with van der Waals surface area (Å²) in [5.41, 5.74) is 1.60. The second-order valence-electron chi connectivity index (χ2n) is 5.61. The summed E-state index contributed by atoms with van der Waals surface area (Å²) < 4.78 is 0. The van der Waals surface area contributed by atoms with E-state index >= 15 is 0 Å². The molecule has 1 N–H and O–H groups in total. The second-order valence-corrected chi connectivity index (χ2v) is 5.61. The maximum absolute atomic E-state index is 10.8. The molecule has 0 heterocycles. The topological polar surface area (TPSA) is 40.5 Å². The zero-order valence-corrected chi connectivity index (χ0v) is 10.5. The number of rotatable bonds is 6. The molecule has 0 saturated heterocycles. The molecule has 1 aromatic rings. The summed E-state index contributed by atoms with van der Waals surface area (Å²) in [6, 6.07) is 8.10. The molecule has 1 aromatic carbocycles. The maximum atomic E-state index is 10.8. The highest BCUT2D eigenvalue weighted by Gasteiger charge is 2.33. The Bertz CT molecular complexity index is 432. The molecule has 3 nitrogen and oxygen atoms in total. The minimum atomic E-state index is -0.849. The van der Waals surface area contributed by atoms with Gasteiger partial charge in [-0.3, -0.25) is 4.90 Å². The fraction of sp³-hybridized carbons (Fsp3) is 0.533. The van der Waals surface area contributed by atoms with E-state index in [4.69, 9.17) is 5.11 Å². The van der Waals surface area contributed by atoms with Gasteiger partial charge in [0.15, 0.2) is 0 Å². The van der Waals surface area contributed by atoms with Gasteiger partial charge in [-0.05, 0) is 49.3 Å². The van der Waals surface area contributed by atoms with Crippen LogP contribution in [-0.2, 0) is 6.54 Å². The normalized spacial score (nSPS) is 19.2. The van der Waals surface area contributed by atoms with Crippen LogP contribution in [0.4, 0.5) is 0 Å². The lowest BCUT2D eigenvalue weighted by molar-refractivity contribution is 0.0697. The zero-order valence-electron chi connectivity index (χ0n) is 10.5. The zero-order chi connectivity index (χ0) is 12.5. The summed E-state index contributed by atoms with van der Waals surface area (Å²) >= 11 is 0. The van der Waals surface area contributed by atoms with Gasteiger partial charge in [0.1, 0.15) is 0 Å². The molecule has 0 aromatic heterocycles. The summed E-state index contributed by atoms with van der Waals surface area (Å²) in [6.07, 6.45) is 5.45. The highest BCUT2D eigenvalue weighted by molar-refractivity contribution is 5.87. The van der Waals surface area contributed by atoms with Crippen molar-refractivity contribution in [1.82, 2.24) is 4.90 Å². The Morgan fingerprint density at radius 1 is 1.17 bits per heavy atom. The average molecular weight is 245 g/mol. The molecular formula is C15H19NO2. The van der Waals surface area contributed by atoms with Crippen molar-refractivity contribution >= 4 is 5.97 Å². The fourth-order valence-corrected chi connectivity index (χ4v) is 2.40. The number of aromatic carboxylic acids is 1. The molecule has 18 heavy (non-hydrogen) atoms. The van der Waals surface area contributed by atoms with Gasteiger partial charge in [0.25, 0.3) is 0 Å². The molecule has 0 spiro atoms. The molecule has 0 aliphatic heterocycles. The van der Waals surface area contributed by atoms with Crippen molar-refractivity contribution in [1.29, 1.82) is 0 Å². The molecule has 2 aliphatic carbocycles. The van der Waals surface area contributed by atoms with Crippen molar-refractivity contribution in [3.63, 3.8) is 0 Å². The van der Waals surface area contributed by atoms with Crippen molar-refractivity contribution in [3.05, 3.63) is 35.4 Å². The van der Waals surface area contributed by atoms with E-state index in [0.717, 1.165) is 18.5 Å². The lowest BCUT2D eigenvalue weighted by atomic mass is 10.1. The summed E-state index contributed by atoms with van der Waals surface area (Å²) in [5.74, 6) is 0.0717. The molecule has 3 heteroatoms. The molecule has 0 unspecified atom stereocenters. The predicted octanol–water partition coefficient (Wildman–Crippen LogP) is 2.76. The summed E-state index contributed by atoms with van der Waals surface area (Å²) in [7, 11) is 0. The van der Waals surface area contributed by atoms with Crippen molar-refractivity contribution in [2.75, 3.05) is 6.54 Å². The van der Waals surface area contributed by atoms with Gasteiger partial charge in [0.05, 0.1) is 5.56 Å². The summed E-state index contributed by atoms with van der Waals surface area (Å²) in [4.78, 5) is 13.4. The first-order chi connectivity index (χ1) is 8.72. The molecular weight excluding hydrogens is 226 g/mol. The van der Waals surface area contributed by atoms with Crippen LogP contribution in [0.15, 0.2) is 24.3 Å². The largest absolute Gasteiger partial charge is 0.478 e. The Morgan fingerprint density at radius 3 is 2.33 bits per heavy atom. The number of carbonyl (C=O) groups is 1. The molecule has 3 rings (SSSR count). The van der Waals surface area contributed by atoms with Crippen LogP contribution < -0.4 is 0 Å². The number of hydrogen-bond acceptors (Lipinski definition) is 2. The molecule has 2 fully saturated rings. The van der Waals surface area contributed by atoms with Crippen LogP contribution in [0.2, 0.25) is 0 Å². The van der Waals surface area contributed by atoms with E-state index in [2.05, 4.69) is 4.90 Å². The van der Waals surface area contributed by atoms with E-state index in [1.165, 1.54) is 37.8 Å². The van der Waals surface area contributed by atoms with Crippen molar-refractivity contribution < 1.29 is 9.90 Å². The first-order valence-electron chi connectivity index (χ1n) is 6.78. The molecule has 0 radical (unpaired) electrons. The van der Waals surface area contributed by atoms with Crippen molar-refractivity contribution in [2.24, 2.45) is 5.92 Å². The lowest BCUT2D eigenvalue weighted by Crippen LogP contribution is -2.27. The molecule has 96 valence electrons. The van der Waals surface area contributed by atoms with Crippen molar-refractivity contribution in [3.8, 4) is 0 Å². The highest BCUT2D eigenvalue weighted by atomic mass is 16.4. The van der Waals surface area contributed by atoms with Gasteiger partial charge in [0.2, 0.25) is 0 Å². The van der Waals surface area contributed by atoms with E-state index < -0.39 is 5.97 Å². The van der Waals surface area contributed by atoms with Gasteiger partial charge in [-0.15, -0.1) is 0 Å². The first-order valence-corrected chi connectivity index (χ1v) is 6.78. The highest BCUT2D eigenvalue weighted by Crippen LogP contribution is 2.35. The van der Waals surface area contributed by atoms with Crippen LogP contribution in [0.3, 0.4) is 0 Å². The summed E-state index contributed by atoms with van der Waals surface area (Å²) in [5, 5.41) is 8.87. The Kier molecular flexibility index (Phi) is 3.08. The molecule has 0 atom stereocenters. The smallest absolute Gasteiger partial charge is 0.335 e. The third kappa shape index (κ3) is 2.91. The van der Waals surface area contributed by atoms with E-state index in [0.29, 0.717) is 5.56 Å².